The van der Waals surface area contributed by atoms with Crippen LogP contribution < -0.4 is 0 Å². The summed E-state index contributed by atoms with van der Waals surface area (Å²) in [6, 6.07) is 0. The lowest BCUT2D eigenvalue weighted by Crippen LogP contribution is -2.22. The third kappa shape index (κ3) is 6.39. The molecule has 24 heavy (non-hydrogen) atoms. The predicted molar refractivity (Wildman–Crippen MR) is 107 cm³/mol. The van der Waals surface area contributed by atoms with Crippen LogP contribution in [0, 0.1) is 5.41 Å². The van der Waals surface area contributed by atoms with E-state index >= 15 is 0 Å². The first-order chi connectivity index (χ1) is 11.4. The average Bonchev–Trinajstić information content (AvgIpc) is 2.54. The van der Waals surface area contributed by atoms with Crippen LogP contribution in [0.3, 0.4) is 0 Å². The minimum Gasteiger partial charge on any atom is -0.498 e. The van der Waals surface area contributed by atoms with Gasteiger partial charge in [0.05, 0.1) is 6.26 Å². The van der Waals surface area contributed by atoms with Crippen molar-refractivity contribution in [1.82, 2.24) is 0 Å². The maximum atomic E-state index is 5.10. The fraction of sp³-hybridized carbons (Fsp3) is 0.478. The highest BCUT2D eigenvalue weighted by Gasteiger charge is 2.29. The van der Waals surface area contributed by atoms with E-state index in [1.165, 1.54) is 43.1 Å². The Morgan fingerprint density at radius 2 is 2.00 bits per heavy atom. The van der Waals surface area contributed by atoms with Crippen molar-refractivity contribution in [3.63, 3.8) is 0 Å². The molecule has 0 aromatic rings. The molecular formula is C23H34O. The number of hydrogen-bond donors (Lipinski definition) is 0. The zero-order valence-electron chi connectivity index (χ0n) is 16.2. The van der Waals surface area contributed by atoms with Crippen LogP contribution in [0.1, 0.15) is 60.3 Å². The van der Waals surface area contributed by atoms with Gasteiger partial charge in [-0.1, -0.05) is 67.5 Å². The van der Waals surface area contributed by atoms with Crippen molar-refractivity contribution >= 4 is 0 Å². The second-order valence-corrected chi connectivity index (χ2v) is 7.01. The first kappa shape index (κ1) is 20.3. The fourth-order valence-corrected chi connectivity index (χ4v) is 3.18. The smallest absolute Gasteiger partial charge is 0.106 e. The molecule has 1 aliphatic carbocycles. The summed E-state index contributed by atoms with van der Waals surface area (Å²) in [7, 11) is 0. The number of hydrogen-bond acceptors (Lipinski definition) is 1. The van der Waals surface area contributed by atoms with Gasteiger partial charge in [0.25, 0.3) is 0 Å². The van der Waals surface area contributed by atoms with E-state index in [4.69, 9.17) is 4.74 Å². The van der Waals surface area contributed by atoms with E-state index in [0.29, 0.717) is 12.0 Å². The molecule has 1 atom stereocenters. The standard InChI is InChI=1S/C23H34O/c1-7-23(6)17-10-13-21(5)22(23)15-14-19(3)11-9-12-20(4)16-18-24-8-2/h8-9,11-12,14-16H,2,7,10,13,17-18H2,1,3-6H3/b12-9+,15-14+,19-11+,20-16+. The summed E-state index contributed by atoms with van der Waals surface area (Å²) in [4.78, 5) is 0. The van der Waals surface area contributed by atoms with Crippen molar-refractivity contribution < 1.29 is 4.74 Å². The molecule has 1 aliphatic rings. The minimum atomic E-state index is 0.347. The van der Waals surface area contributed by atoms with Gasteiger partial charge in [-0.15, -0.1) is 0 Å². The summed E-state index contributed by atoms with van der Waals surface area (Å²) in [5, 5.41) is 0. The monoisotopic (exact) mass is 326 g/mol. The topological polar surface area (TPSA) is 9.23 Å². The molecule has 0 saturated heterocycles. The molecule has 0 aliphatic heterocycles. The van der Waals surface area contributed by atoms with E-state index in [1.807, 2.05) is 6.08 Å². The van der Waals surface area contributed by atoms with E-state index in [2.05, 4.69) is 71.6 Å². The van der Waals surface area contributed by atoms with Crippen LogP contribution in [0.25, 0.3) is 0 Å². The van der Waals surface area contributed by atoms with Crippen LogP contribution in [0.2, 0.25) is 0 Å². The highest BCUT2D eigenvalue weighted by Crippen LogP contribution is 2.43. The zero-order chi connectivity index (χ0) is 18.0. The van der Waals surface area contributed by atoms with Crippen LogP contribution in [0.15, 0.2) is 71.6 Å². The van der Waals surface area contributed by atoms with Gasteiger partial charge in [-0.2, -0.15) is 0 Å². The molecule has 0 amide bonds. The third-order valence-corrected chi connectivity index (χ3v) is 5.02. The van der Waals surface area contributed by atoms with Gasteiger partial charge in [0.15, 0.2) is 0 Å². The minimum absolute atomic E-state index is 0.347. The summed E-state index contributed by atoms with van der Waals surface area (Å²) in [6.45, 7) is 15.4. The van der Waals surface area contributed by atoms with E-state index < -0.39 is 0 Å². The second kappa shape index (κ2) is 10.2. The molecule has 0 bridgehead atoms. The highest BCUT2D eigenvalue weighted by molar-refractivity contribution is 5.37. The van der Waals surface area contributed by atoms with Crippen molar-refractivity contribution in [2.45, 2.75) is 60.3 Å². The molecule has 0 fully saturated rings. The van der Waals surface area contributed by atoms with Gasteiger partial charge >= 0.3 is 0 Å². The van der Waals surface area contributed by atoms with Crippen LogP contribution >= 0.6 is 0 Å². The van der Waals surface area contributed by atoms with Crippen LogP contribution in [-0.4, -0.2) is 6.61 Å². The summed E-state index contributed by atoms with van der Waals surface area (Å²) >= 11 is 0. The van der Waals surface area contributed by atoms with E-state index in [9.17, 15) is 0 Å². The summed E-state index contributed by atoms with van der Waals surface area (Å²) < 4.78 is 5.10. The summed E-state index contributed by atoms with van der Waals surface area (Å²) in [5.74, 6) is 0. The first-order valence-corrected chi connectivity index (χ1v) is 9.05. The molecule has 0 radical (unpaired) electrons. The fourth-order valence-electron chi connectivity index (χ4n) is 3.18. The van der Waals surface area contributed by atoms with Crippen molar-refractivity contribution in [2.24, 2.45) is 5.41 Å². The molecule has 1 heteroatoms. The van der Waals surface area contributed by atoms with Gasteiger partial charge < -0.3 is 4.74 Å². The Morgan fingerprint density at radius 1 is 1.25 bits per heavy atom. The quantitative estimate of drug-likeness (QED) is 0.263. The molecule has 0 saturated carbocycles. The van der Waals surface area contributed by atoms with Gasteiger partial charge in [-0.3, -0.25) is 0 Å². The molecule has 0 N–H and O–H groups in total. The Bertz CT molecular complexity index is 569. The largest absolute Gasteiger partial charge is 0.498 e. The van der Waals surface area contributed by atoms with E-state index in [-0.39, 0.29) is 0 Å². The van der Waals surface area contributed by atoms with Gasteiger partial charge in [0.2, 0.25) is 0 Å². The molecule has 0 aromatic carbocycles. The molecule has 0 spiro atoms. The third-order valence-electron chi connectivity index (χ3n) is 5.02. The Morgan fingerprint density at radius 3 is 2.67 bits per heavy atom. The zero-order valence-corrected chi connectivity index (χ0v) is 16.2. The number of ether oxygens (including phenoxy) is 1. The molecule has 1 rings (SSSR count). The SMILES string of the molecule is C=COC/C=C(C)/C=C/C=C(C)/C=C/C1=C(C)CCCC1(C)CC. The van der Waals surface area contributed by atoms with Gasteiger partial charge in [0, 0.05) is 0 Å². The lowest BCUT2D eigenvalue weighted by Gasteiger charge is -2.35. The summed E-state index contributed by atoms with van der Waals surface area (Å²) in [6.07, 6.45) is 19.6. The Kier molecular flexibility index (Phi) is 8.60. The second-order valence-electron chi connectivity index (χ2n) is 7.01. The lowest BCUT2D eigenvalue weighted by atomic mass is 9.69. The molecule has 132 valence electrons. The first-order valence-electron chi connectivity index (χ1n) is 9.05. The van der Waals surface area contributed by atoms with Gasteiger partial charge in [0.1, 0.15) is 6.61 Å². The normalized spacial score (nSPS) is 23.4. The highest BCUT2D eigenvalue weighted by atomic mass is 16.5. The molecule has 1 nitrogen and oxygen atoms in total. The van der Waals surface area contributed by atoms with Crippen molar-refractivity contribution in [2.75, 3.05) is 6.61 Å². The van der Waals surface area contributed by atoms with Crippen molar-refractivity contribution in [1.29, 1.82) is 0 Å². The predicted octanol–water partition coefficient (Wildman–Crippen LogP) is 7.07. The van der Waals surface area contributed by atoms with Crippen LogP contribution in [0.5, 0.6) is 0 Å². The van der Waals surface area contributed by atoms with Crippen molar-refractivity contribution in [3.8, 4) is 0 Å². The van der Waals surface area contributed by atoms with E-state index in [0.717, 1.165) is 0 Å². The lowest BCUT2D eigenvalue weighted by molar-refractivity contribution is 0.290. The van der Waals surface area contributed by atoms with Crippen LogP contribution in [0.4, 0.5) is 0 Å². The molecular weight excluding hydrogens is 292 g/mol. The maximum Gasteiger partial charge on any atom is 0.106 e. The van der Waals surface area contributed by atoms with Gasteiger partial charge in [-0.05, 0) is 63.5 Å². The van der Waals surface area contributed by atoms with E-state index in [1.54, 1.807) is 11.1 Å². The Labute approximate surface area is 149 Å². The Balaban J connectivity index is 2.75. The molecule has 1 unspecified atom stereocenters. The summed E-state index contributed by atoms with van der Waals surface area (Å²) in [5.41, 5.74) is 5.91. The molecule has 0 aromatic heterocycles. The van der Waals surface area contributed by atoms with Gasteiger partial charge in [-0.25, -0.2) is 0 Å². The maximum absolute atomic E-state index is 5.10. The molecule has 0 heterocycles. The van der Waals surface area contributed by atoms with Crippen LogP contribution in [-0.2, 0) is 4.74 Å². The average molecular weight is 327 g/mol. The number of allylic oxidation sites excluding steroid dienone is 9. The van der Waals surface area contributed by atoms with Crippen molar-refractivity contribution in [3.05, 3.63) is 71.6 Å². The Hall–Kier alpha value is -1.76. The number of rotatable bonds is 8.